The predicted octanol–water partition coefficient (Wildman–Crippen LogP) is 2.76. The van der Waals surface area contributed by atoms with Gasteiger partial charge < -0.3 is 15.8 Å². The number of halogens is 1. The van der Waals surface area contributed by atoms with Crippen molar-refractivity contribution < 1.29 is 9.53 Å². The summed E-state index contributed by atoms with van der Waals surface area (Å²) in [7, 11) is 0. The van der Waals surface area contributed by atoms with Gasteiger partial charge in [-0.05, 0) is 49.9 Å². The molecule has 1 saturated heterocycles. The Morgan fingerprint density at radius 1 is 1.35 bits per heavy atom. The molecule has 0 spiro atoms. The van der Waals surface area contributed by atoms with Gasteiger partial charge in [0.15, 0.2) is 0 Å². The molecule has 1 aliphatic heterocycles. The Kier molecular flexibility index (Phi) is 4.83. The van der Waals surface area contributed by atoms with Gasteiger partial charge in [-0.1, -0.05) is 15.9 Å². The van der Waals surface area contributed by atoms with Gasteiger partial charge in [0.2, 0.25) is 5.91 Å². The number of carbonyl (C=O) groups is 1. The highest BCUT2D eigenvalue weighted by Gasteiger charge is 2.38. The van der Waals surface area contributed by atoms with Crippen LogP contribution in [0.1, 0.15) is 24.0 Å². The smallest absolute Gasteiger partial charge is 0.232 e. The molecule has 1 heterocycles. The lowest BCUT2D eigenvalue weighted by Crippen LogP contribution is -2.46. The Morgan fingerprint density at radius 2 is 1.90 bits per heavy atom. The second-order valence-corrected chi connectivity index (χ2v) is 6.27. The number of benzene rings is 1. The number of anilines is 1. The highest BCUT2D eigenvalue weighted by molar-refractivity contribution is 9.10. The van der Waals surface area contributed by atoms with E-state index in [0.29, 0.717) is 32.6 Å². The first kappa shape index (κ1) is 15.5. The Morgan fingerprint density at radius 3 is 2.40 bits per heavy atom. The van der Waals surface area contributed by atoms with Crippen molar-refractivity contribution in [3.8, 4) is 0 Å². The van der Waals surface area contributed by atoms with Gasteiger partial charge in [0.25, 0.3) is 0 Å². The van der Waals surface area contributed by atoms with Crippen LogP contribution in [0.25, 0.3) is 0 Å². The molecule has 0 bridgehead atoms. The van der Waals surface area contributed by atoms with E-state index < -0.39 is 5.41 Å². The summed E-state index contributed by atoms with van der Waals surface area (Å²) >= 11 is 3.53. The molecule has 5 heteroatoms. The van der Waals surface area contributed by atoms with Crippen molar-refractivity contribution >= 4 is 27.5 Å². The third-order valence-electron chi connectivity index (χ3n) is 4.02. The minimum Gasteiger partial charge on any atom is -0.381 e. The quantitative estimate of drug-likeness (QED) is 0.889. The lowest BCUT2D eigenvalue weighted by Gasteiger charge is -2.34. The number of hydrogen-bond acceptors (Lipinski definition) is 3. The zero-order valence-corrected chi connectivity index (χ0v) is 13.5. The van der Waals surface area contributed by atoms with Crippen molar-refractivity contribution in [2.75, 3.05) is 25.1 Å². The molecular formula is C15H21BrN2O2. The number of hydrogen-bond donors (Lipinski definition) is 2. The zero-order valence-electron chi connectivity index (χ0n) is 12.0. The van der Waals surface area contributed by atoms with Crippen LogP contribution in [0.3, 0.4) is 0 Å². The van der Waals surface area contributed by atoms with E-state index in [0.717, 1.165) is 21.3 Å². The summed E-state index contributed by atoms with van der Waals surface area (Å²) in [4.78, 5) is 12.6. The molecule has 20 heavy (non-hydrogen) atoms. The van der Waals surface area contributed by atoms with Crippen LogP contribution in [0.4, 0.5) is 5.69 Å². The largest absolute Gasteiger partial charge is 0.381 e. The Bertz CT molecular complexity index is 488. The molecule has 1 aromatic carbocycles. The average Bonchev–Trinajstić information content (AvgIpc) is 2.45. The summed E-state index contributed by atoms with van der Waals surface area (Å²) in [5.41, 5.74) is 8.40. The van der Waals surface area contributed by atoms with Crippen LogP contribution in [0, 0.1) is 19.3 Å². The maximum Gasteiger partial charge on any atom is 0.232 e. The molecule has 1 fully saturated rings. The number of ether oxygens (including phenoxy) is 1. The number of nitrogens with one attached hydrogen (secondary N) is 1. The Labute approximate surface area is 128 Å². The van der Waals surface area contributed by atoms with Crippen molar-refractivity contribution in [2.45, 2.75) is 26.7 Å². The van der Waals surface area contributed by atoms with Crippen molar-refractivity contribution in [3.63, 3.8) is 0 Å². The first-order valence-electron chi connectivity index (χ1n) is 6.84. The lowest BCUT2D eigenvalue weighted by molar-refractivity contribution is -0.130. The first-order chi connectivity index (χ1) is 9.48. The number of amides is 1. The molecule has 2 rings (SSSR count). The molecule has 4 nitrogen and oxygen atoms in total. The molecule has 3 N–H and O–H groups in total. The fraction of sp³-hybridized carbons (Fsp3) is 0.533. The van der Waals surface area contributed by atoms with E-state index in [4.69, 9.17) is 10.5 Å². The normalized spacial score (nSPS) is 17.8. The molecule has 0 atom stereocenters. The van der Waals surface area contributed by atoms with Gasteiger partial charge in [0.1, 0.15) is 0 Å². The zero-order chi connectivity index (χ0) is 14.8. The summed E-state index contributed by atoms with van der Waals surface area (Å²) in [6.07, 6.45) is 1.37. The predicted molar refractivity (Wildman–Crippen MR) is 83.8 cm³/mol. The number of nitrogens with two attached hydrogens (primary N) is 1. The fourth-order valence-electron chi connectivity index (χ4n) is 2.57. The molecule has 0 unspecified atom stereocenters. The van der Waals surface area contributed by atoms with Crippen LogP contribution in [0.5, 0.6) is 0 Å². The van der Waals surface area contributed by atoms with Crippen molar-refractivity contribution in [1.29, 1.82) is 0 Å². The van der Waals surface area contributed by atoms with Crippen molar-refractivity contribution in [2.24, 2.45) is 11.1 Å². The molecule has 0 aromatic heterocycles. The van der Waals surface area contributed by atoms with E-state index in [1.807, 2.05) is 26.0 Å². The molecule has 1 amide bonds. The van der Waals surface area contributed by atoms with E-state index in [-0.39, 0.29) is 5.91 Å². The third-order valence-corrected chi connectivity index (χ3v) is 5.27. The summed E-state index contributed by atoms with van der Waals surface area (Å²) in [5, 5.41) is 3.02. The SMILES string of the molecule is Cc1cc(NC(=O)C2(CN)CCOCC2)cc(C)c1Br. The topological polar surface area (TPSA) is 64.4 Å². The maximum atomic E-state index is 12.6. The highest BCUT2D eigenvalue weighted by atomic mass is 79.9. The van der Waals surface area contributed by atoms with Gasteiger partial charge in [-0.15, -0.1) is 0 Å². The molecule has 110 valence electrons. The number of aryl methyl sites for hydroxylation is 2. The summed E-state index contributed by atoms with van der Waals surface area (Å²) in [6, 6.07) is 3.94. The third kappa shape index (κ3) is 3.05. The van der Waals surface area contributed by atoms with E-state index in [2.05, 4.69) is 21.2 Å². The van der Waals surface area contributed by atoms with Crippen LogP contribution in [0.2, 0.25) is 0 Å². The highest BCUT2D eigenvalue weighted by Crippen LogP contribution is 2.32. The second-order valence-electron chi connectivity index (χ2n) is 5.47. The molecule has 0 radical (unpaired) electrons. The maximum absolute atomic E-state index is 12.6. The fourth-order valence-corrected chi connectivity index (χ4v) is 2.80. The lowest BCUT2D eigenvalue weighted by atomic mass is 9.79. The number of carbonyl (C=O) groups excluding carboxylic acids is 1. The van der Waals surface area contributed by atoms with Crippen LogP contribution in [0.15, 0.2) is 16.6 Å². The van der Waals surface area contributed by atoms with Gasteiger partial charge in [-0.3, -0.25) is 4.79 Å². The minimum atomic E-state index is -0.493. The van der Waals surface area contributed by atoms with Crippen LogP contribution >= 0.6 is 15.9 Å². The van der Waals surface area contributed by atoms with Gasteiger partial charge >= 0.3 is 0 Å². The monoisotopic (exact) mass is 340 g/mol. The van der Waals surface area contributed by atoms with E-state index >= 15 is 0 Å². The van der Waals surface area contributed by atoms with Crippen LogP contribution in [-0.4, -0.2) is 25.7 Å². The Balaban J connectivity index is 2.18. The van der Waals surface area contributed by atoms with Crippen molar-refractivity contribution in [1.82, 2.24) is 0 Å². The minimum absolute atomic E-state index is 0.00409. The average molecular weight is 341 g/mol. The standard InChI is InChI=1S/C15H21BrN2O2/c1-10-7-12(8-11(2)13(10)16)18-14(19)15(9-17)3-5-20-6-4-15/h7-8H,3-6,9,17H2,1-2H3,(H,18,19). The first-order valence-corrected chi connectivity index (χ1v) is 7.64. The van der Waals surface area contributed by atoms with Gasteiger partial charge in [0, 0.05) is 29.9 Å². The van der Waals surface area contributed by atoms with E-state index in [1.54, 1.807) is 0 Å². The molecular weight excluding hydrogens is 320 g/mol. The number of rotatable bonds is 3. The summed E-state index contributed by atoms with van der Waals surface area (Å²) in [5.74, 6) is 0.00409. The second kappa shape index (κ2) is 6.24. The van der Waals surface area contributed by atoms with E-state index in [9.17, 15) is 4.79 Å². The van der Waals surface area contributed by atoms with Crippen LogP contribution < -0.4 is 11.1 Å². The van der Waals surface area contributed by atoms with Crippen molar-refractivity contribution in [3.05, 3.63) is 27.7 Å². The van der Waals surface area contributed by atoms with E-state index in [1.165, 1.54) is 0 Å². The van der Waals surface area contributed by atoms with Gasteiger partial charge in [0.05, 0.1) is 5.41 Å². The summed E-state index contributed by atoms with van der Waals surface area (Å²) in [6.45, 7) is 5.59. The summed E-state index contributed by atoms with van der Waals surface area (Å²) < 4.78 is 6.42. The molecule has 0 aliphatic carbocycles. The molecule has 1 aliphatic rings. The molecule has 0 saturated carbocycles. The molecule has 1 aromatic rings. The Hall–Kier alpha value is -0.910. The van der Waals surface area contributed by atoms with Gasteiger partial charge in [-0.2, -0.15) is 0 Å². The van der Waals surface area contributed by atoms with Crippen LogP contribution in [-0.2, 0) is 9.53 Å². The van der Waals surface area contributed by atoms with Gasteiger partial charge in [-0.25, -0.2) is 0 Å².